The molecule has 0 N–H and O–H groups in total. The van der Waals surface area contributed by atoms with Gasteiger partial charge in [-0.1, -0.05) is 310 Å². The largest absolute Gasteiger partial charge is 0.303 e. The Hall–Kier alpha value is -0.0400. The molecular formula is C54H111N. The molecule has 0 aromatic rings. The highest BCUT2D eigenvalue weighted by atomic mass is 15.1. The van der Waals surface area contributed by atoms with Crippen LogP contribution in [0.3, 0.4) is 0 Å². The first-order chi connectivity index (χ1) is 27.3. The molecule has 1 heteroatoms. The SMILES string of the molecule is CCCCCCCCCCCCCCCCCCN(CCCCCCCCCCCCCCCCCC)CCCCCCCCCCCCCCCCCC. The molecule has 0 aromatic heterocycles. The molecule has 0 saturated heterocycles. The molecule has 0 radical (unpaired) electrons. The Morgan fingerprint density at radius 3 is 0.382 bits per heavy atom. The fourth-order valence-corrected chi connectivity index (χ4v) is 8.99. The summed E-state index contributed by atoms with van der Waals surface area (Å²) >= 11 is 0. The standard InChI is InChI=1S/C54H111N/c1-4-7-10-13-16-19-22-25-28-31-34-37-40-43-46-49-52-55(53-50-47-44-41-38-35-32-29-26-23-20-17-14-11-8-5-2)54-51-48-45-42-39-36-33-30-27-24-21-18-15-12-9-6-3/h4-54H2,1-3H3. The smallest absolute Gasteiger partial charge is 0.00187 e. The summed E-state index contributed by atoms with van der Waals surface area (Å²) in [5, 5.41) is 0. The maximum Gasteiger partial charge on any atom is -0.00187 e. The normalized spacial score (nSPS) is 11.8. The van der Waals surface area contributed by atoms with E-state index in [0.29, 0.717) is 0 Å². The summed E-state index contributed by atoms with van der Waals surface area (Å²) in [6.45, 7) is 11.1. The topological polar surface area (TPSA) is 3.24 Å². The van der Waals surface area contributed by atoms with Crippen LogP contribution in [0.4, 0.5) is 0 Å². The van der Waals surface area contributed by atoms with Gasteiger partial charge in [-0.15, -0.1) is 0 Å². The lowest BCUT2D eigenvalue weighted by molar-refractivity contribution is 0.254. The molecule has 1 nitrogen and oxygen atoms in total. The Kier molecular flexibility index (Phi) is 51.9. The molecule has 0 bridgehead atoms. The summed E-state index contributed by atoms with van der Waals surface area (Å²) in [5.41, 5.74) is 0. The van der Waals surface area contributed by atoms with Crippen LogP contribution in [-0.2, 0) is 0 Å². The first-order valence-corrected chi connectivity index (χ1v) is 27.1. The Balaban J connectivity index is 3.94. The molecular weight excluding hydrogens is 663 g/mol. The minimum absolute atomic E-state index is 1.37. The van der Waals surface area contributed by atoms with Crippen LogP contribution in [0.2, 0.25) is 0 Å². The van der Waals surface area contributed by atoms with E-state index in [4.69, 9.17) is 0 Å². The van der Waals surface area contributed by atoms with Crippen molar-refractivity contribution < 1.29 is 0 Å². The quantitative estimate of drug-likeness (QED) is 0.0557. The lowest BCUT2D eigenvalue weighted by Gasteiger charge is -2.22. The van der Waals surface area contributed by atoms with Crippen molar-refractivity contribution in [3.8, 4) is 0 Å². The summed E-state index contributed by atoms with van der Waals surface area (Å²) in [4.78, 5) is 2.89. The fourth-order valence-electron chi connectivity index (χ4n) is 8.99. The van der Waals surface area contributed by atoms with Crippen molar-refractivity contribution in [1.82, 2.24) is 4.90 Å². The molecule has 0 rings (SSSR count). The Bertz CT molecular complexity index is 543. The second-order valence-corrected chi connectivity index (χ2v) is 18.8. The van der Waals surface area contributed by atoms with Gasteiger partial charge in [0.1, 0.15) is 0 Å². The molecule has 0 spiro atoms. The van der Waals surface area contributed by atoms with Gasteiger partial charge in [0.05, 0.1) is 0 Å². The van der Waals surface area contributed by atoms with Gasteiger partial charge in [-0.25, -0.2) is 0 Å². The highest BCUT2D eigenvalue weighted by Gasteiger charge is 2.06. The van der Waals surface area contributed by atoms with E-state index in [2.05, 4.69) is 25.7 Å². The monoisotopic (exact) mass is 774 g/mol. The van der Waals surface area contributed by atoms with E-state index in [9.17, 15) is 0 Å². The number of unbranched alkanes of at least 4 members (excludes halogenated alkanes) is 45. The second kappa shape index (κ2) is 52.0. The molecule has 0 fully saturated rings. The van der Waals surface area contributed by atoms with Crippen molar-refractivity contribution in [2.24, 2.45) is 0 Å². The summed E-state index contributed by atoms with van der Waals surface area (Å²) in [7, 11) is 0. The van der Waals surface area contributed by atoms with Crippen molar-refractivity contribution in [2.75, 3.05) is 19.6 Å². The Labute approximate surface area is 352 Å². The van der Waals surface area contributed by atoms with Crippen LogP contribution in [-0.4, -0.2) is 24.5 Å². The molecule has 0 aliphatic carbocycles. The van der Waals surface area contributed by atoms with Crippen LogP contribution in [0.25, 0.3) is 0 Å². The van der Waals surface area contributed by atoms with Gasteiger partial charge in [0.15, 0.2) is 0 Å². The molecule has 0 atom stereocenters. The summed E-state index contributed by atoms with van der Waals surface area (Å²) in [5.74, 6) is 0. The van der Waals surface area contributed by atoms with Crippen LogP contribution in [0.15, 0.2) is 0 Å². The first-order valence-electron chi connectivity index (χ1n) is 27.1. The van der Waals surface area contributed by atoms with E-state index < -0.39 is 0 Å². The van der Waals surface area contributed by atoms with Crippen LogP contribution in [0.1, 0.15) is 329 Å². The molecule has 0 saturated carbocycles. The average molecular weight is 774 g/mol. The van der Waals surface area contributed by atoms with Gasteiger partial charge in [-0.3, -0.25) is 0 Å². The van der Waals surface area contributed by atoms with Crippen LogP contribution in [0.5, 0.6) is 0 Å². The fraction of sp³-hybridized carbons (Fsp3) is 1.00. The minimum atomic E-state index is 1.37. The average Bonchev–Trinajstić information content (AvgIpc) is 3.20. The second-order valence-electron chi connectivity index (χ2n) is 18.8. The van der Waals surface area contributed by atoms with Crippen LogP contribution >= 0.6 is 0 Å². The van der Waals surface area contributed by atoms with E-state index in [0.717, 1.165) is 0 Å². The van der Waals surface area contributed by atoms with Crippen molar-refractivity contribution >= 4 is 0 Å². The predicted molar refractivity (Wildman–Crippen MR) is 255 cm³/mol. The molecule has 332 valence electrons. The molecule has 0 amide bonds. The van der Waals surface area contributed by atoms with Crippen molar-refractivity contribution in [3.05, 3.63) is 0 Å². The number of rotatable bonds is 51. The van der Waals surface area contributed by atoms with Gasteiger partial charge in [-0.2, -0.15) is 0 Å². The van der Waals surface area contributed by atoms with Gasteiger partial charge < -0.3 is 4.90 Å². The Morgan fingerprint density at radius 2 is 0.255 bits per heavy atom. The molecule has 0 aliphatic rings. The summed E-state index contributed by atoms with van der Waals surface area (Å²) in [6.07, 6.45) is 70.5. The maximum absolute atomic E-state index is 2.89. The number of hydrogen-bond acceptors (Lipinski definition) is 1. The molecule has 55 heavy (non-hydrogen) atoms. The zero-order valence-electron chi connectivity index (χ0n) is 39.5. The van der Waals surface area contributed by atoms with Crippen molar-refractivity contribution in [2.45, 2.75) is 329 Å². The highest BCUT2D eigenvalue weighted by molar-refractivity contribution is 4.61. The van der Waals surface area contributed by atoms with E-state index in [1.54, 1.807) is 0 Å². The molecule has 0 aromatic carbocycles. The van der Waals surface area contributed by atoms with Gasteiger partial charge in [0.25, 0.3) is 0 Å². The lowest BCUT2D eigenvalue weighted by atomic mass is 10.0. The van der Waals surface area contributed by atoms with E-state index >= 15 is 0 Å². The third-order valence-electron chi connectivity index (χ3n) is 13.0. The van der Waals surface area contributed by atoms with E-state index in [-0.39, 0.29) is 0 Å². The molecule has 0 unspecified atom stereocenters. The van der Waals surface area contributed by atoms with Crippen molar-refractivity contribution in [3.63, 3.8) is 0 Å². The minimum Gasteiger partial charge on any atom is -0.303 e. The summed E-state index contributed by atoms with van der Waals surface area (Å²) in [6, 6.07) is 0. The van der Waals surface area contributed by atoms with Gasteiger partial charge in [0, 0.05) is 0 Å². The molecule has 0 aliphatic heterocycles. The summed E-state index contributed by atoms with van der Waals surface area (Å²) < 4.78 is 0. The van der Waals surface area contributed by atoms with Gasteiger partial charge >= 0.3 is 0 Å². The highest BCUT2D eigenvalue weighted by Crippen LogP contribution is 2.18. The van der Waals surface area contributed by atoms with Crippen LogP contribution in [0, 0.1) is 0 Å². The maximum atomic E-state index is 2.89. The van der Waals surface area contributed by atoms with Gasteiger partial charge in [0.2, 0.25) is 0 Å². The zero-order valence-corrected chi connectivity index (χ0v) is 39.5. The van der Waals surface area contributed by atoms with E-state index in [1.807, 2.05) is 0 Å². The van der Waals surface area contributed by atoms with Gasteiger partial charge in [-0.05, 0) is 38.9 Å². The van der Waals surface area contributed by atoms with E-state index in [1.165, 1.54) is 328 Å². The first kappa shape index (κ1) is 55.0. The van der Waals surface area contributed by atoms with Crippen LogP contribution < -0.4 is 0 Å². The number of hydrogen-bond donors (Lipinski definition) is 0. The number of nitrogens with zero attached hydrogens (tertiary/aromatic N) is 1. The van der Waals surface area contributed by atoms with Crippen molar-refractivity contribution in [1.29, 1.82) is 0 Å². The third-order valence-corrected chi connectivity index (χ3v) is 13.0. The third kappa shape index (κ3) is 50.0. The predicted octanol–water partition coefficient (Wildman–Crippen LogP) is 20.1. The Morgan fingerprint density at radius 1 is 0.145 bits per heavy atom. The molecule has 0 heterocycles. The lowest BCUT2D eigenvalue weighted by Crippen LogP contribution is -2.27. The zero-order chi connectivity index (χ0) is 39.6.